The third-order valence-corrected chi connectivity index (χ3v) is 5.71. The van der Waals surface area contributed by atoms with Crippen LogP contribution in [0.4, 0.5) is 0 Å². The zero-order chi connectivity index (χ0) is 13.7. The monoisotopic (exact) mass is 380 g/mol. The smallest absolute Gasteiger partial charge is 0.0187 e. The molecular weight excluding hydrogens is 364 g/mol. The van der Waals surface area contributed by atoms with Gasteiger partial charge in [-0.05, 0) is 24.5 Å². The van der Waals surface area contributed by atoms with Crippen LogP contribution in [0.2, 0.25) is 0 Å². The molecule has 2 heteroatoms. The molecule has 0 amide bonds. The van der Waals surface area contributed by atoms with Crippen molar-refractivity contribution >= 4 is 31.9 Å². The second kappa shape index (κ2) is 6.71. The van der Waals surface area contributed by atoms with Crippen molar-refractivity contribution < 1.29 is 0 Å². The zero-order valence-corrected chi connectivity index (χ0v) is 14.2. The summed E-state index contributed by atoms with van der Waals surface area (Å²) in [6, 6.07) is 19.6. The highest BCUT2D eigenvalue weighted by Crippen LogP contribution is 2.32. The van der Waals surface area contributed by atoms with Crippen LogP contribution in [-0.2, 0) is 11.8 Å². The van der Waals surface area contributed by atoms with Crippen LogP contribution in [0.25, 0.3) is 0 Å². The molecule has 0 aliphatic rings. The first-order valence-corrected chi connectivity index (χ1v) is 8.67. The summed E-state index contributed by atoms with van der Waals surface area (Å²) in [5.74, 6) is 0. The van der Waals surface area contributed by atoms with E-state index in [9.17, 15) is 0 Å². The Morgan fingerprint density at radius 1 is 0.842 bits per heavy atom. The molecule has 0 atom stereocenters. The average molecular weight is 382 g/mol. The molecule has 0 N–H and O–H groups in total. The van der Waals surface area contributed by atoms with Crippen LogP contribution in [0, 0.1) is 6.92 Å². The molecule has 0 unspecified atom stereocenters. The Morgan fingerprint density at radius 2 is 1.42 bits per heavy atom. The van der Waals surface area contributed by atoms with Crippen molar-refractivity contribution in [3.8, 4) is 0 Å². The van der Waals surface area contributed by atoms with Crippen molar-refractivity contribution in [2.75, 3.05) is 10.7 Å². The fourth-order valence-electron chi connectivity index (χ4n) is 2.27. The van der Waals surface area contributed by atoms with E-state index in [0.717, 1.165) is 17.1 Å². The Balaban J connectivity index is 2.32. The van der Waals surface area contributed by atoms with E-state index in [-0.39, 0.29) is 5.41 Å². The first kappa shape index (κ1) is 14.8. The Kier molecular flexibility index (Phi) is 5.23. The molecule has 0 heterocycles. The minimum atomic E-state index is 0.108. The lowest BCUT2D eigenvalue weighted by Crippen LogP contribution is -2.32. The summed E-state index contributed by atoms with van der Waals surface area (Å²) in [5.41, 5.74) is 4.18. The third kappa shape index (κ3) is 3.49. The van der Waals surface area contributed by atoms with Gasteiger partial charge in [0, 0.05) is 16.1 Å². The van der Waals surface area contributed by atoms with Gasteiger partial charge in [0.25, 0.3) is 0 Å². The minimum absolute atomic E-state index is 0.108. The minimum Gasteiger partial charge on any atom is -0.0918 e. The average Bonchev–Trinajstić information content (AvgIpc) is 2.48. The van der Waals surface area contributed by atoms with E-state index in [0.29, 0.717) is 0 Å². The molecule has 0 saturated heterocycles. The topological polar surface area (TPSA) is 0 Å². The second-order valence-electron chi connectivity index (χ2n) is 5.08. The number of hydrogen-bond donors (Lipinski definition) is 0. The molecule has 0 aliphatic carbocycles. The molecule has 100 valence electrons. The molecule has 19 heavy (non-hydrogen) atoms. The van der Waals surface area contributed by atoms with Gasteiger partial charge in [0.15, 0.2) is 0 Å². The Morgan fingerprint density at radius 3 is 1.95 bits per heavy atom. The molecule has 0 aliphatic heterocycles. The molecule has 2 rings (SSSR count). The molecule has 0 spiro atoms. The van der Waals surface area contributed by atoms with Crippen molar-refractivity contribution in [2.24, 2.45) is 0 Å². The lowest BCUT2D eigenvalue weighted by atomic mass is 9.79. The molecule has 0 fully saturated rings. The number of halogens is 2. The van der Waals surface area contributed by atoms with E-state index in [2.05, 4.69) is 93.4 Å². The highest BCUT2D eigenvalue weighted by atomic mass is 79.9. The molecule has 2 aromatic carbocycles. The van der Waals surface area contributed by atoms with Gasteiger partial charge < -0.3 is 0 Å². The van der Waals surface area contributed by atoms with Crippen LogP contribution in [0.1, 0.15) is 16.7 Å². The summed E-state index contributed by atoms with van der Waals surface area (Å²) < 4.78 is 0. The number of rotatable bonds is 5. The first-order valence-electron chi connectivity index (χ1n) is 6.43. The summed E-state index contributed by atoms with van der Waals surface area (Å²) in [6.45, 7) is 2.13. The van der Waals surface area contributed by atoms with E-state index in [1.54, 1.807) is 0 Å². The van der Waals surface area contributed by atoms with Crippen LogP contribution < -0.4 is 0 Å². The lowest BCUT2D eigenvalue weighted by Gasteiger charge is -2.31. The van der Waals surface area contributed by atoms with E-state index >= 15 is 0 Å². The maximum absolute atomic E-state index is 3.71. The van der Waals surface area contributed by atoms with Gasteiger partial charge in [0.1, 0.15) is 0 Å². The van der Waals surface area contributed by atoms with E-state index in [4.69, 9.17) is 0 Å². The van der Waals surface area contributed by atoms with Gasteiger partial charge in [-0.1, -0.05) is 92.0 Å². The fourth-order valence-corrected chi connectivity index (χ4v) is 4.25. The molecule has 0 saturated carbocycles. The van der Waals surface area contributed by atoms with E-state index < -0.39 is 0 Å². The van der Waals surface area contributed by atoms with Crippen molar-refractivity contribution in [1.29, 1.82) is 0 Å². The van der Waals surface area contributed by atoms with Gasteiger partial charge in [-0.25, -0.2) is 0 Å². The van der Waals surface area contributed by atoms with Crippen molar-refractivity contribution in [3.05, 3.63) is 71.3 Å². The van der Waals surface area contributed by atoms with Crippen molar-refractivity contribution in [3.63, 3.8) is 0 Å². The second-order valence-corrected chi connectivity index (χ2v) is 6.20. The zero-order valence-electron chi connectivity index (χ0n) is 11.1. The summed E-state index contributed by atoms with van der Waals surface area (Å²) in [6.07, 6.45) is 1.04. The van der Waals surface area contributed by atoms with Gasteiger partial charge in [-0.3, -0.25) is 0 Å². The Labute approximate surface area is 132 Å². The first-order chi connectivity index (χ1) is 9.20. The fraction of sp³-hybridized carbons (Fsp3) is 0.294. The number of benzene rings is 2. The van der Waals surface area contributed by atoms with E-state index in [1.807, 2.05) is 0 Å². The van der Waals surface area contributed by atoms with Gasteiger partial charge in [0.2, 0.25) is 0 Å². The predicted octanol–water partition coefficient (Wildman–Crippen LogP) is 5.27. The summed E-state index contributed by atoms with van der Waals surface area (Å²) >= 11 is 7.42. The SMILES string of the molecule is Cc1ccc(CC(CBr)(CBr)c2ccccc2)cc1. The van der Waals surface area contributed by atoms with Gasteiger partial charge >= 0.3 is 0 Å². The Hall–Kier alpha value is -0.600. The highest BCUT2D eigenvalue weighted by molar-refractivity contribution is 9.09. The van der Waals surface area contributed by atoms with Crippen molar-refractivity contribution in [2.45, 2.75) is 18.8 Å². The van der Waals surface area contributed by atoms with Crippen LogP contribution >= 0.6 is 31.9 Å². The Bertz CT molecular complexity index is 499. The molecule has 0 radical (unpaired) electrons. The standard InChI is InChI=1S/C17H18Br2/c1-14-7-9-15(10-8-14)11-17(12-18,13-19)16-5-3-2-4-6-16/h2-10H,11-13H2,1H3. The molecule has 0 aromatic heterocycles. The quantitative estimate of drug-likeness (QED) is 0.619. The molecule has 0 bridgehead atoms. The number of aryl methyl sites for hydroxylation is 1. The largest absolute Gasteiger partial charge is 0.0918 e. The van der Waals surface area contributed by atoms with E-state index in [1.165, 1.54) is 16.7 Å². The van der Waals surface area contributed by atoms with Gasteiger partial charge in [-0.2, -0.15) is 0 Å². The van der Waals surface area contributed by atoms with Crippen LogP contribution in [0.3, 0.4) is 0 Å². The van der Waals surface area contributed by atoms with Crippen molar-refractivity contribution in [1.82, 2.24) is 0 Å². The normalized spacial score (nSPS) is 11.5. The maximum atomic E-state index is 3.71. The highest BCUT2D eigenvalue weighted by Gasteiger charge is 2.30. The molecule has 0 nitrogen and oxygen atoms in total. The number of hydrogen-bond acceptors (Lipinski definition) is 0. The number of alkyl halides is 2. The predicted molar refractivity (Wildman–Crippen MR) is 90.6 cm³/mol. The van der Waals surface area contributed by atoms with Crippen LogP contribution in [-0.4, -0.2) is 10.7 Å². The van der Waals surface area contributed by atoms with Gasteiger partial charge in [-0.15, -0.1) is 0 Å². The summed E-state index contributed by atoms with van der Waals surface area (Å²) in [5, 5.41) is 1.90. The molecular formula is C17H18Br2. The van der Waals surface area contributed by atoms with Gasteiger partial charge in [0.05, 0.1) is 0 Å². The summed E-state index contributed by atoms with van der Waals surface area (Å²) in [7, 11) is 0. The lowest BCUT2D eigenvalue weighted by molar-refractivity contribution is 0.551. The maximum Gasteiger partial charge on any atom is 0.0187 e. The van der Waals surface area contributed by atoms with Crippen LogP contribution in [0.5, 0.6) is 0 Å². The molecule has 2 aromatic rings. The van der Waals surface area contributed by atoms with Crippen LogP contribution in [0.15, 0.2) is 54.6 Å². The third-order valence-electron chi connectivity index (χ3n) is 3.56. The summed E-state index contributed by atoms with van der Waals surface area (Å²) in [4.78, 5) is 0.